The number of rotatable bonds is 0. The highest BCUT2D eigenvalue weighted by atomic mass is 16.1. The third kappa shape index (κ3) is 1.13. The molecule has 0 aromatic carbocycles. The number of ketones is 1. The smallest absolute Gasteiger partial charge is 0.136 e. The first-order chi connectivity index (χ1) is 5.27. The van der Waals surface area contributed by atoms with Crippen LogP contribution in [0, 0.1) is 11.8 Å². The van der Waals surface area contributed by atoms with Crippen molar-refractivity contribution in [1.29, 1.82) is 0 Å². The molecule has 0 aromatic heterocycles. The number of Topliss-reactive ketones (excluding diaryl/α,β-unsaturated/α-hetero) is 1. The Morgan fingerprint density at radius 1 is 1.55 bits per heavy atom. The fraction of sp³-hybridized carbons (Fsp3) is 0.700. The highest BCUT2D eigenvalue weighted by Gasteiger charge is 2.35. The van der Waals surface area contributed by atoms with Crippen LogP contribution in [0.5, 0.6) is 0 Å². The van der Waals surface area contributed by atoms with Crippen LogP contribution in [0.25, 0.3) is 0 Å². The van der Waals surface area contributed by atoms with Gasteiger partial charge in [0.15, 0.2) is 0 Å². The van der Waals surface area contributed by atoms with Gasteiger partial charge in [0.25, 0.3) is 0 Å². The first-order valence-electron chi connectivity index (χ1n) is 4.45. The monoisotopic (exact) mass is 150 g/mol. The first kappa shape index (κ1) is 7.08. The minimum atomic E-state index is 0.402. The minimum Gasteiger partial charge on any atom is -0.299 e. The molecule has 2 rings (SSSR count). The van der Waals surface area contributed by atoms with Gasteiger partial charge in [0.1, 0.15) is 5.78 Å². The average molecular weight is 150 g/mol. The molecule has 0 heterocycles. The molecular formula is C10H14O. The van der Waals surface area contributed by atoms with Crippen molar-refractivity contribution in [2.75, 3.05) is 0 Å². The van der Waals surface area contributed by atoms with Gasteiger partial charge in [0.05, 0.1) is 0 Å². The van der Waals surface area contributed by atoms with Crippen LogP contribution >= 0.6 is 0 Å². The molecule has 1 nitrogen and oxygen atoms in total. The maximum atomic E-state index is 11.3. The van der Waals surface area contributed by atoms with Crippen molar-refractivity contribution in [2.24, 2.45) is 11.8 Å². The standard InChI is InChI=1S/C10H14O/c1-7-2-4-9-8(6-7)3-5-10(9)11/h2,8-9H,3-6H2,1H3/t8-,9+/m0/s1. The second-order valence-corrected chi connectivity index (χ2v) is 3.86. The molecule has 0 radical (unpaired) electrons. The van der Waals surface area contributed by atoms with E-state index in [1.807, 2.05) is 0 Å². The Morgan fingerprint density at radius 3 is 3.18 bits per heavy atom. The van der Waals surface area contributed by atoms with Crippen molar-refractivity contribution in [2.45, 2.75) is 32.6 Å². The van der Waals surface area contributed by atoms with Crippen molar-refractivity contribution >= 4 is 5.78 Å². The molecule has 60 valence electrons. The van der Waals surface area contributed by atoms with Gasteiger partial charge >= 0.3 is 0 Å². The molecule has 0 aromatic rings. The number of carbonyl (C=O) groups excluding carboxylic acids is 1. The Morgan fingerprint density at radius 2 is 2.36 bits per heavy atom. The molecule has 1 saturated carbocycles. The number of carbonyl (C=O) groups is 1. The maximum absolute atomic E-state index is 11.3. The Bertz CT molecular complexity index is 215. The molecule has 0 amide bonds. The molecule has 0 N–H and O–H groups in total. The Kier molecular flexibility index (Phi) is 1.59. The zero-order chi connectivity index (χ0) is 7.84. The number of fused-ring (bicyclic) bond motifs is 1. The van der Waals surface area contributed by atoms with Gasteiger partial charge in [-0.25, -0.2) is 0 Å². The van der Waals surface area contributed by atoms with Crippen molar-refractivity contribution in [1.82, 2.24) is 0 Å². The minimum absolute atomic E-state index is 0.402. The lowest BCUT2D eigenvalue weighted by molar-refractivity contribution is -0.121. The quantitative estimate of drug-likeness (QED) is 0.484. The summed E-state index contributed by atoms with van der Waals surface area (Å²) in [5.74, 6) is 1.62. The van der Waals surface area contributed by atoms with Gasteiger partial charge in [-0.15, -0.1) is 0 Å². The molecule has 0 bridgehead atoms. The van der Waals surface area contributed by atoms with Crippen molar-refractivity contribution < 1.29 is 4.79 Å². The summed E-state index contributed by atoms with van der Waals surface area (Å²) in [5, 5.41) is 0. The molecule has 0 saturated heterocycles. The lowest BCUT2D eigenvalue weighted by atomic mass is 9.82. The number of hydrogen-bond acceptors (Lipinski definition) is 1. The summed E-state index contributed by atoms with van der Waals surface area (Å²) in [7, 11) is 0. The summed E-state index contributed by atoms with van der Waals surface area (Å²) in [5.41, 5.74) is 1.49. The zero-order valence-corrected chi connectivity index (χ0v) is 6.97. The summed E-state index contributed by atoms with van der Waals surface area (Å²) in [6.07, 6.45) is 6.43. The van der Waals surface area contributed by atoms with Crippen LogP contribution in [0.4, 0.5) is 0 Å². The summed E-state index contributed by atoms with van der Waals surface area (Å²) in [4.78, 5) is 11.3. The predicted octanol–water partition coefficient (Wildman–Crippen LogP) is 2.32. The van der Waals surface area contributed by atoms with Gasteiger partial charge in [0, 0.05) is 12.3 Å². The van der Waals surface area contributed by atoms with Crippen LogP contribution in [0.15, 0.2) is 11.6 Å². The Hall–Kier alpha value is -0.590. The molecular weight excluding hydrogens is 136 g/mol. The van der Waals surface area contributed by atoms with E-state index in [0.29, 0.717) is 17.6 Å². The number of hydrogen-bond donors (Lipinski definition) is 0. The molecule has 2 aliphatic carbocycles. The topological polar surface area (TPSA) is 17.1 Å². The van der Waals surface area contributed by atoms with Gasteiger partial charge in [-0.3, -0.25) is 4.79 Å². The van der Waals surface area contributed by atoms with Crippen LogP contribution in [-0.2, 0) is 4.79 Å². The molecule has 1 heteroatoms. The van der Waals surface area contributed by atoms with E-state index < -0.39 is 0 Å². The fourth-order valence-corrected chi connectivity index (χ4v) is 2.37. The molecule has 0 aliphatic heterocycles. The van der Waals surface area contributed by atoms with E-state index in [-0.39, 0.29) is 0 Å². The third-order valence-electron chi connectivity index (χ3n) is 3.05. The van der Waals surface area contributed by atoms with E-state index in [4.69, 9.17) is 0 Å². The SMILES string of the molecule is CC1=CC[C@H]2C(=O)CC[C@H]2C1. The van der Waals surface area contributed by atoms with Crippen LogP contribution in [-0.4, -0.2) is 5.78 Å². The second kappa shape index (κ2) is 2.47. The largest absolute Gasteiger partial charge is 0.299 e. The van der Waals surface area contributed by atoms with E-state index in [1.165, 1.54) is 12.0 Å². The molecule has 2 aliphatic rings. The van der Waals surface area contributed by atoms with E-state index in [1.54, 1.807) is 0 Å². The predicted molar refractivity (Wildman–Crippen MR) is 44.2 cm³/mol. The van der Waals surface area contributed by atoms with E-state index in [0.717, 1.165) is 19.3 Å². The summed E-state index contributed by atoms with van der Waals surface area (Å²) < 4.78 is 0. The Balaban J connectivity index is 2.17. The third-order valence-corrected chi connectivity index (χ3v) is 3.05. The van der Waals surface area contributed by atoms with Crippen molar-refractivity contribution in [3.05, 3.63) is 11.6 Å². The summed E-state index contributed by atoms with van der Waals surface area (Å²) >= 11 is 0. The molecule has 1 fully saturated rings. The lowest BCUT2D eigenvalue weighted by Gasteiger charge is -2.22. The fourth-order valence-electron chi connectivity index (χ4n) is 2.37. The van der Waals surface area contributed by atoms with Crippen LogP contribution in [0.2, 0.25) is 0 Å². The molecule has 2 atom stereocenters. The van der Waals surface area contributed by atoms with E-state index >= 15 is 0 Å². The summed E-state index contributed by atoms with van der Waals surface area (Å²) in [6, 6.07) is 0. The Labute approximate surface area is 67.5 Å². The average Bonchev–Trinajstić information content (AvgIpc) is 2.32. The van der Waals surface area contributed by atoms with Crippen LogP contribution < -0.4 is 0 Å². The molecule has 0 spiro atoms. The first-order valence-corrected chi connectivity index (χ1v) is 4.45. The highest BCUT2D eigenvalue weighted by Crippen LogP contribution is 2.39. The molecule has 0 unspecified atom stereocenters. The van der Waals surface area contributed by atoms with Crippen LogP contribution in [0.1, 0.15) is 32.6 Å². The van der Waals surface area contributed by atoms with Gasteiger partial charge in [-0.05, 0) is 32.1 Å². The van der Waals surface area contributed by atoms with E-state index in [2.05, 4.69) is 13.0 Å². The van der Waals surface area contributed by atoms with Crippen molar-refractivity contribution in [3.8, 4) is 0 Å². The lowest BCUT2D eigenvalue weighted by Crippen LogP contribution is -2.17. The van der Waals surface area contributed by atoms with Gasteiger partial charge in [-0.1, -0.05) is 11.6 Å². The van der Waals surface area contributed by atoms with Crippen molar-refractivity contribution in [3.63, 3.8) is 0 Å². The normalized spacial score (nSPS) is 36.8. The second-order valence-electron chi connectivity index (χ2n) is 3.86. The summed E-state index contributed by atoms with van der Waals surface area (Å²) in [6.45, 7) is 2.18. The number of allylic oxidation sites excluding steroid dienone is 2. The van der Waals surface area contributed by atoms with Gasteiger partial charge < -0.3 is 0 Å². The highest BCUT2D eigenvalue weighted by molar-refractivity contribution is 5.83. The molecule has 11 heavy (non-hydrogen) atoms. The zero-order valence-electron chi connectivity index (χ0n) is 6.97. The van der Waals surface area contributed by atoms with Gasteiger partial charge in [0.2, 0.25) is 0 Å². The van der Waals surface area contributed by atoms with Gasteiger partial charge in [-0.2, -0.15) is 0 Å². The van der Waals surface area contributed by atoms with E-state index in [9.17, 15) is 4.79 Å². The van der Waals surface area contributed by atoms with Crippen LogP contribution in [0.3, 0.4) is 0 Å². The maximum Gasteiger partial charge on any atom is 0.136 e.